The van der Waals surface area contributed by atoms with Crippen LogP contribution in [0.2, 0.25) is 0 Å². The molecule has 0 aromatic carbocycles. The van der Waals surface area contributed by atoms with Gasteiger partial charge in [0, 0.05) is 0 Å². The van der Waals surface area contributed by atoms with E-state index < -0.39 is 0 Å². The van der Waals surface area contributed by atoms with Crippen LogP contribution in [0.25, 0.3) is 0 Å². The first-order chi connectivity index (χ1) is 8.34. The van der Waals surface area contributed by atoms with Crippen molar-refractivity contribution in [3.63, 3.8) is 0 Å². The molecular weight excluding hydrogens is 220 g/mol. The van der Waals surface area contributed by atoms with Gasteiger partial charge >= 0.3 is 0 Å². The molecule has 17 heavy (non-hydrogen) atoms. The molecule has 6 nitrogen and oxygen atoms in total. The number of carbonyl (C=O) groups excluding carboxylic acids is 1. The Labute approximate surface area is 99.1 Å². The largest absolute Gasteiger partial charge is 0.272 e. The predicted octanol–water partition coefficient (Wildman–Crippen LogP) is 0.825. The average molecular weight is 236 g/mol. The van der Waals surface area contributed by atoms with E-state index in [0.29, 0.717) is 0 Å². The summed E-state index contributed by atoms with van der Waals surface area (Å²) in [5.41, 5.74) is 4.26. The second kappa shape index (κ2) is 4.44. The van der Waals surface area contributed by atoms with Gasteiger partial charge in [0.25, 0.3) is 5.91 Å². The number of amides is 1. The van der Waals surface area contributed by atoms with E-state index in [2.05, 4.69) is 20.9 Å². The van der Waals surface area contributed by atoms with E-state index in [1.54, 1.807) is 0 Å². The van der Waals surface area contributed by atoms with Gasteiger partial charge in [-0.15, -0.1) is 0 Å². The molecule has 0 saturated heterocycles. The number of fused-ring (bicyclic) bond motifs is 1. The summed E-state index contributed by atoms with van der Waals surface area (Å²) in [6, 6.07) is 0. The van der Waals surface area contributed by atoms with Crippen LogP contribution in [0, 0.1) is 0 Å². The van der Waals surface area contributed by atoms with Gasteiger partial charge < -0.3 is 0 Å². The molecule has 0 bridgehead atoms. The van der Waals surface area contributed by atoms with Gasteiger partial charge in [0.15, 0.2) is 0 Å². The molecule has 1 atom stereocenters. The monoisotopic (exact) mass is 236 g/mol. The van der Waals surface area contributed by atoms with Crippen molar-refractivity contribution < 1.29 is 9.63 Å². The summed E-state index contributed by atoms with van der Waals surface area (Å²) in [7, 11) is 0. The second-order valence-corrected chi connectivity index (χ2v) is 4.74. The lowest BCUT2D eigenvalue weighted by Gasteiger charge is -2.26. The standard InChI is InChI=1S/C11H16N4O2/c16-11(14-17-7-3-1-4-7)8-5-2-6-9-10(8)13-15-12-9/h7-8H,1-6H2,(H,14,16)(H,12,13,15). The van der Waals surface area contributed by atoms with Crippen LogP contribution in [-0.4, -0.2) is 27.4 Å². The van der Waals surface area contributed by atoms with Gasteiger partial charge in [0.2, 0.25) is 0 Å². The van der Waals surface area contributed by atoms with Crippen molar-refractivity contribution in [1.29, 1.82) is 0 Å². The maximum atomic E-state index is 12.0. The number of hydrogen-bond acceptors (Lipinski definition) is 4. The average Bonchev–Trinajstić information content (AvgIpc) is 2.74. The van der Waals surface area contributed by atoms with Gasteiger partial charge in [-0.25, -0.2) is 5.48 Å². The molecule has 2 aliphatic carbocycles. The zero-order valence-corrected chi connectivity index (χ0v) is 9.61. The number of hydroxylamine groups is 1. The van der Waals surface area contributed by atoms with Gasteiger partial charge in [0.1, 0.15) is 0 Å². The van der Waals surface area contributed by atoms with Gasteiger partial charge in [-0.2, -0.15) is 15.4 Å². The molecule has 2 N–H and O–H groups in total. The number of aryl methyl sites for hydroxylation is 1. The van der Waals surface area contributed by atoms with Crippen molar-refractivity contribution in [3.05, 3.63) is 11.4 Å². The molecule has 2 aliphatic rings. The van der Waals surface area contributed by atoms with Crippen molar-refractivity contribution in [2.24, 2.45) is 0 Å². The third-order valence-corrected chi connectivity index (χ3v) is 3.58. The van der Waals surface area contributed by atoms with E-state index >= 15 is 0 Å². The number of hydrogen-bond donors (Lipinski definition) is 2. The van der Waals surface area contributed by atoms with Crippen molar-refractivity contribution in [2.45, 2.75) is 50.5 Å². The second-order valence-electron chi connectivity index (χ2n) is 4.74. The SMILES string of the molecule is O=C(NOC1CCC1)C1CCCc2n[nH]nc21. The zero-order chi connectivity index (χ0) is 11.7. The number of aromatic amines is 1. The number of nitrogens with one attached hydrogen (secondary N) is 2. The summed E-state index contributed by atoms with van der Waals surface area (Å²) in [5.74, 6) is -0.302. The van der Waals surface area contributed by atoms with Crippen LogP contribution in [0.5, 0.6) is 0 Å². The fourth-order valence-corrected chi connectivity index (χ4v) is 2.29. The van der Waals surface area contributed by atoms with E-state index in [9.17, 15) is 4.79 Å². The Bertz CT molecular complexity index is 413. The van der Waals surface area contributed by atoms with Crippen molar-refractivity contribution in [1.82, 2.24) is 20.9 Å². The summed E-state index contributed by atoms with van der Waals surface area (Å²) in [5, 5.41) is 10.7. The van der Waals surface area contributed by atoms with Crippen molar-refractivity contribution in [2.75, 3.05) is 0 Å². The summed E-state index contributed by atoms with van der Waals surface area (Å²) in [4.78, 5) is 17.3. The Morgan fingerprint density at radius 2 is 2.18 bits per heavy atom. The third kappa shape index (κ3) is 2.04. The van der Waals surface area contributed by atoms with E-state index in [1.807, 2.05) is 0 Å². The molecule has 92 valence electrons. The highest BCUT2D eigenvalue weighted by Gasteiger charge is 2.31. The van der Waals surface area contributed by atoms with Crippen molar-refractivity contribution in [3.8, 4) is 0 Å². The Hall–Kier alpha value is -1.43. The number of carbonyl (C=O) groups is 1. The van der Waals surface area contributed by atoms with Crippen LogP contribution in [0.1, 0.15) is 49.4 Å². The number of nitrogens with zero attached hydrogens (tertiary/aromatic N) is 2. The number of aromatic nitrogens is 3. The summed E-state index contributed by atoms with van der Waals surface area (Å²) < 4.78 is 0. The zero-order valence-electron chi connectivity index (χ0n) is 9.61. The molecule has 1 heterocycles. The maximum Gasteiger partial charge on any atom is 0.252 e. The molecule has 0 spiro atoms. The lowest BCUT2D eigenvalue weighted by atomic mass is 9.89. The van der Waals surface area contributed by atoms with Crippen LogP contribution in [0.15, 0.2) is 0 Å². The molecule has 1 amide bonds. The molecule has 1 saturated carbocycles. The fourth-order valence-electron chi connectivity index (χ4n) is 2.29. The summed E-state index contributed by atoms with van der Waals surface area (Å²) in [6.45, 7) is 0. The minimum Gasteiger partial charge on any atom is -0.272 e. The van der Waals surface area contributed by atoms with E-state index in [4.69, 9.17) is 4.84 Å². The topological polar surface area (TPSA) is 79.9 Å². The Morgan fingerprint density at radius 3 is 2.94 bits per heavy atom. The molecular formula is C11H16N4O2. The Kier molecular flexibility index (Phi) is 2.80. The van der Waals surface area contributed by atoms with E-state index in [1.165, 1.54) is 6.42 Å². The molecule has 0 aliphatic heterocycles. The normalized spacial score (nSPS) is 23.9. The number of rotatable bonds is 3. The minimum absolute atomic E-state index is 0.0910. The molecule has 3 rings (SSSR count). The summed E-state index contributed by atoms with van der Waals surface area (Å²) >= 11 is 0. The van der Waals surface area contributed by atoms with Crippen molar-refractivity contribution >= 4 is 5.91 Å². The third-order valence-electron chi connectivity index (χ3n) is 3.58. The highest BCUT2D eigenvalue weighted by atomic mass is 16.7. The molecule has 0 radical (unpaired) electrons. The summed E-state index contributed by atoms with van der Waals surface area (Å²) in [6.07, 6.45) is 6.18. The molecule has 1 aromatic heterocycles. The lowest BCUT2D eigenvalue weighted by Crippen LogP contribution is -2.37. The van der Waals surface area contributed by atoms with Gasteiger partial charge in [0.05, 0.1) is 23.4 Å². The minimum atomic E-state index is -0.211. The highest BCUT2D eigenvalue weighted by molar-refractivity contribution is 5.82. The van der Waals surface area contributed by atoms with Crippen LogP contribution >= 0.6 is 0 Å². The predicted molar refractivity (Wildman–Crippen MR) is 58.9 cm³/mol. The molecule has 1 unspecified atom stereocenters. The maximum absolute atomic E-state index is 12.0. The molecule has 6 heteroatoms. The van der Waals surface area contributed by atoms with Crippen LogP contribution < -0.4 is 5.48 Å². The van der Waals surface area contributed by atoms with Crippen LogP contribution in [0.4, 0.5) is 0 Å². The molecule has 1 fully saturated rings. The fraction of sp³-hybridized carbons (Fsp3) is 0.727. The van der Waals surface area contributed by atoms with Crippen LogP contribution in [0.3, 0.4) is 0 Å². The lowest BCUT2D eigenvalue weighted by molar-refractivity contribution is -0.144. The number of H-pyrrole nitrogens is 1. The van der Waals surface area contributed by atoms with Crippen LogP contribution in [-0.2, 0) is 16.1 Å². The van der Waals surface area contributed by atoms with E-state index in [-0.39, 0.29) is 17.9 Å². The highest BCUT2D eigenvalue weighted by Crippen LogP contribution is 2.29. The van der Waals surface area contributed by atoms with Gasteiger partial charge in [-0.05, 0) is 38.5 Å². The Balaban J connectivity index is 1.62. The van der Waals surface area contributed by atoms with Gasteiger partial charge in [-0.1, -0.05) is 0 Å². The first-order valence-corrected chi connectivity index (χ1v) is 6.19. The van der Waals surface area contributed by atoms with E-state index in [0.717, 1.165) is 43.5 Å². The first-order valence-electron chi connectivity index (χ1n) is 6.19. The molecule has 1 aromatic rings. The quantitative estimate of drug-likeness (QED) is 0.762. The smallest absolute Gasteiger partial charge is 0.252 e. The first kappa shape index (κ1) is 10.7. The van der Waals surface area contributed by atoms with Gasteiger partial charge in [-0.3, -0.25) is 9.63 Å². The Morgan fingerprint density at radius 1 is 1.29 bits per heavy atom.